The zero-order valence-corrected chi connectivity index (χ0v) is 17.0. The number of rotatable bonds is 7. The van der Waals surface area contributed by atoms with Crippen molar-refractivity contribution in [2.45, 2.75) is 44.1 Å². The van der Waals surface area contributed by atoms with E-state index < -0.39 is 0 Å². The summed E-state index contributed by atoms with van der Waals surface area (Å²) in [6.45, 7) is 6.65. The molecule has 28 heavy (non-hydrogen) atoms. The van der Waals surface area contributed by atoms with Gasteiger partial charge in [0.2, 0.25) is 5.82 Å². The molecule has 0 aliphatic carbocycles. The van der Waals surface area contributed by atoms with Gasteiger partial charge in [-0.1, -0.05) is 49.9 Å². The van der Waals surface area contributed by atoms with Gasteiger partial charge in [-0.2, -0.15) is 0 Å². The van der Waals surface area contributed by atoms with Gasteiger partial charge in [-0.3, -0.25) is 9.36 Å². The van der Waals surface area contributed by atoms with Crippen molar-refractivity contribution in [3.8, 4) is 0 Å². The van der Waals surface area contributed by atoms with Crippen molar-refractivity contribution in [3.63, 3.8) is 0 Å². The lowest BCUT2D eigenvalue weighted by Gasteiger charge is -2.12. The monoisotopic (exact) mass is 398 g/mol. The van der Waals surface area contributed by atoms with Crippen molar-refractivity contribution >= 4 is 23.3 Å². The van der Waals surface area contributed by atoms with Crippen molar-refractivity contribution in [1.82, 2.24) is 14.8 Å². The number of benzene rings is 2. The molecule has 1 N–H and O–H groups in total. The van der Waals surface area contributed by atoms with Gasteiger partial charge >= 0.3 is 0 Å². The minimum Gasteiger partial charge on any atom is -0.334 e. The first-order chi connectivity index (χ1) is 13.5. The highest BCUT2D eigenvalue weighted by atomic mass is 32.2. The van der Waals surface area contributed by atoms with E-state index in [-0.39, 0.29) is 17.2 Å². The number of nitrogens with one attached hydrogen (secondary N) is 1. The van der Waals surface area contributed by atoms with E-state index in [1.54, 1.807) is 16.7 Å². The minimum absolute atomic E-state index is 0.199. The summed E-state index contributed by atoms with van der Waals surface area (Å²) in [4.78, 5) is 12.8. The molecule has 0 aliphatic heterocycles. The number of halogens is 1. The van der Waals surface area contributed by atoms with Crippen molar-refractivity contribution < 1.29 is 4.39 Å². The molecule has 5 nitrogen and oxygen atoms in total. The fourth-order valence-corrected chi connectivity index (χ4v) is 3.64. The first-order valence-electron chi connectivity index (χ1n) is 9.19. The van der Waals surface area contributed by atoms with Crippen molar-refractivity contribution in [1.29, 1.82) is 0 Å². The fourth-order valence-electron chi connectivity index (χ4n) is 2.68. The quantitative estimate of drug-likeness (QED) is 0.570. The highest BCUT2D eigenvalue weighted by molar-refractivity contribution is 7.98. The first kappa shape index (κ1) is 20.1. The predicted molar refractivity (Wildman–Crippen MR) is 112 cm³/mol. The van der Waals surface area contributed by atoms with E-state index in [1.165, 1.54) is 29.5 Å². The predicted octanol–water partition coefficient (Wildman–Crippen LogP) is 4.96. The van der Waals surface area contributed by atoms with Gasteiger partial charge in [0.05, 0.1) is 0 Å². The van der Waals surface area contributed by atoms with Gasteiger partial charge in [-0.25, -0.2) is 4.39 Å². The molecule has 3 rings (SSSR count). The maximum absolute atomic E-state index is 13.0. The molecular weight excluding hydrogens is 375 g/mol. The lowest BCUT2D eigenvalue weighted by atomic mass is 10.0. The molecule has 1 heterocycles. The molecule has 1 aromatic heterocycles. The Kier molecular flexibility index (Phi) is 6.46. The van der Waals surface area contributed by atoms with Crippen LogP contribution in [0.25, 0.3) is 0 Å². The summed E-state index contributed by atoms with van der Waals surface area (Å²) in [7, 11) is 0. The summed E-state index contributed by atoms with van der Waals surface area (Å²) < 4.78 is 14.6. The second-order valence-corrected chi connectivity index (χ2v) is 7.64. The molecule has 0 saturated heterocycles. The zero-order chi connectivity index (χ0) is 20.1. The van der Waals surface area contributed by atoms with Gasteiger partial charge in [0.15, 0.2) is 5.16 Å². The van der Waals surface area contributed by atoms with Crippen LogP contribution in [0.1, 0.15) is 37.8 Å². The third kappa shape index (κ3) is 4.78. The first-order valence-corrected chi connectivity index (χ1v) is 10.2. The summed E-state index contributed by atoms with van der Waals surface area (Å²) in [6, 6.07) is 14.2. The lowest BCUT2D eigenvalue weighted by Crippen LogP contribution is -2.26. The Hall–Kier alpha value is -2.67. The van der Waals surface area contributed by atoms with Crippen molar-refractivity contribution in [3.05, 3.63) is 75.8 Å². The van der Waals surface area contributed by atoms with E-state index in [0.717, 1.165) is 11.3 Å². The van der Waals surface area contributed by atoms with Crippen molar-refractivity contribution in [2.24, 2.45) is 0 Å². The van der Waals surface area contributed by atoms with Gasteiger partial charge in [-0.05, 0) is 48.2 Å². The molecule has 0 radical (unpaired) electrons. The number of thioether (sulfide) groups is 1. The van der Waals surface area contributed by atoms with Crippen LogP contribution in [0.3, 0.4) is 0 Å². The van der Waals surface area contributed by atoms with Crippen LogP contribution in [0, 0.1) is 5.82 Å². The summed E-state index contributed by atoms with van der Waals surface area (Å²) in [5.41, 5.74) is 2.77. The van der Waals surface area contributed by atoms with E-state index in [1.807, 2.05) is 31.2 Å². The standard InChI is InChI=1S/C21H23FN4OS/c1-4-26-20(27)19(23-18-11-7-16(8-12-18)14(2)3)24-25-21(26)28-13-15-5-9-17(22)10-6-15/h5-12,14H,4,13H2,1-3H3,(H,23,24). The molecule has 7 heteroatoms. The number of hydrogen-bond donors (Lipinski definition) is 1. The Morgan fingerprint density at radius 2 is 1.75 bits per heavy atom. The number of aromatic nitrogens is 3. The van der Waals surface area contributed by atoms with E-state index in [9.17, 15) is 9.18 Å². The number of anilines is 2. The van der Waals surface area contributed by atoms with Gasteiger partial charge in [-0.15, -0.1) is 10.2 Å². The van der Waals surface area contributed by atoms with E-state index in [4.69, 9.17) is 0 Å². The van der Waals surface area contributed by atoms with Gasteiger partial charge in [0.25, 0.3) is 5.56 Å². The Morgan fingerprint density at radius 3 is 2.36 bits per heavy atom. The SMILES string of the molecule is CCn1c(SCc2ccc(F)cc2)nnc(Nc2ccc(C(C)C)cc2)c1=O. The molecule has 0 saturated carbocycles. The van der Waals surface area contributed by atoms with E-state index in [0.29, 0.717) is 23.4 Å². The van der Waals surface area contributed by atoms with Crippen LogP contribution in [0.5, 0.6) is 0 Å². The van der Waals surface area contributed by atoms with Gasteiger partial charge in [0.1, 0.15) is 5.82 Å². The van der Waals surface area contributed by atoms with Crippen molar-refractivity contribution in [2.75, 3.05) is 5.32 Å². The molecule has 2 aromatic carbocycles. The molecule has 0 bridgehead atoms. The maximum atomic E-state index is 13.0. The van der Waals surface area contributed by atoms with Gasteiger partial charge < -0.3 is 5.32 Å². The average molecular weight is 399 g/mol. The molecule has 3 aromatic rings. The largest absolute Gasteiger partial charge is 0.334 e. The Labute approximate surface area is 168 Å². The van der Waals surface area contributed by atoms with E-state index in [2.05, 4.69) is 29.4 Å². The second kappa shape index (κ2) is 9.01. The number of nitrogens with zero attached hydrogens (tertiary/aromatic N) is 3. The number of hydrogen-bond acceptors (Lipinski definition) is 5. The Bertz CT molecular complexity index is 985. The smallest absolute Gasteiger partial charge is 0.297 e. The van der Waals surface area contributed by atoms with Gasteiger partial charge in [0, 0.05) is 18.0 Å². The molecule has 146 valence electrons. The Balaban J connectivity index is 1.77. The maximum Gasteiger partial charge on any atom is 0.297 e. The summed E-state index contributed by atoms with van der Waals surface area (Å²) >= 11 is 1.40. The van der Waals surface area contributed by atoms with Crippen LogP contribution >= 0.6 is 11.8 Å². The van der Waals surface area contributed by atoms with Crippen LogP contribution in [-0.2, 0) is 12.3 Å². The summed E-state index contributed by atoms with van der Waals surface area (Å²) in [5, 5.41) is 11.9. The van der Waals surface area contributed by atoms with Crippen LogP contribution in [0.4, 0.5) is 15.9 Å². The summed E-state index contributed by atoms with van der Waals surface area (Å²) in [6.07, 6.45) is 0. The topological polar surface area (TPSA) is 59.8 Å². The van der Waals surface area contributed by atoms with Crippen LogP contribution in [0.15, 0.2) is 58.5 Å². The third-order valence-corrected chi connectivity index (χ3v) is 5.39. The van der Waals surface area contributed by atoms with E-state index >= 15 is 0 Å². The highest BCUT2D eigenvalue weighted by Gasteiger charge is 2.12. The lowest BCUT2D eigenvalue weighted by molar-refractivity contribution is 0.597. The molecule has 0 amide bonds. The molecule has 0 aliphatic rings. The normalized spacial score (nSPS) is 11.0. The average Bonchev–Trinajstić information content (AvgIpc) is 2.70. The molecule has 0 atom stereocenters. The molecule has 0 fully saturated rings. The third-order valence-electron chi connectivity index (χ3n) is 4.35. The molecule has 0 spiro atoms. The second-order valence-electron chi connectivity index (χ2n) is 6.70. The molecule has 0 unspecified atom stereocenters. The minimum atomic E-state index is -0.268. The zero-order valence-electron chi connectivity index (χ0n) is 16.1. The molecular formula is C21H23FN4OS. The fraction of sp³-hybridized carbons (Fsp3) is 0.286. The van der Waals surface area contributed by atoms with Crippen LogP contribution in [0.2, 0.25) is 0 Å². The van der Waals surface area contributed by atoms with Crippen LogP contribution < -0.4 is 10.9 Å². The highest BCUT2D eigenvalue weighted by Crippen LogP contribution is 2.22. The summed E-state index contributed by atoms with van der Waals surface area (Å²) in [5.74, 6) is 0.961. The van der Waals surface area contributed by atoms with Crippen LogP contribution in [-0.4, -0.2) is 14.8 Å². The Morgan fingerprint density at radius 1 is 1.07 bits per heavy atom.